The number of hydrogen-bond acceptors (Lipinski definition) is 4. The monoisotopic (exact) mass is 471 g/mol. The number of aromatic nitrogens is 1. The third-order valence-electron chi connectivity index (χ3n) is 5.10. The number of benzene rings is 2. The summed E-state index contributed by atoms with van der Waals surface area (Å²) in [7, 11) is -4.22. The fourth-order valence-electron chi connectivity index (χ4n) is 3.24. The summed E-state index contributed by atoms with van der Waals surface area (Å²) in [6, 6.07) is 16.3. The number of nitrogens with zero attached hydrogens (tertiary/aromatic N) is 1. The van der Waals surface area contributed by atoms with Gasteiger partial charge in [-0.3, -0.25) is 9.59 Å². The lowest BCUT2D eigenvalue weighted by Gasteiger charge is -2.22. The Hall–Kier alpha value is -3.30. The van der Waals surface area contributed by atoms with E-state index in [4.69, 9.17) is 0 Å². The van der Waals surface area contributed by atoms with E-state index in [1.807, 2.05) is 24.3 Å². The van der Waals surface area contributed by atoms with Crippen molar-refractivity contribution < 1.29 is 17.6 Å². The van der Waals surface area contributed by atoms with Crippen LogP contribution in [0.3, 0.4) is 0 Å². The summed E-state index contributed by atoms with van der Waals surface area (Å²) in [6.07, 6.45) is 1.71. The number of nitrogens with one attached hydrogen (secondary N) is 2. The molecule has 0 unspecified atom stereocenters. The summed E-state index contributed by atoms with van der Waals surface area (Å²) < 4.78 is 43.1. The first kappa shape index (κ1) is 24.3. The SMILES string of the molecule is CC(C)[C@H](NS(=O)(=O)c1ccccc1F)C(=O)NCc1ccc(Cn2ccccc2=O)cc1. The fourth-order valence-corrected chi connectivity index (χ4v) is 4.66. The minimum Gasteiger partial charge on any atom is -0.351 e. The molecule has 2 N–H and O–H groups in total. The first-order valence-corrected chi connectivity index (χ1v) is 11.9. The van der Waals surface area contributed by atoms with Gasteiger partial charge < -0.3 is 9.88 Å². The van der Waals surface area contributed by atoms with E-state index < -0.39 is 32.7 Å². The Morgan fingerprint density at radius 1 is 0.970 bits per heavy atom. The average molecular weight is 472 g/mol. The molecule has 3 aromatic rings. The summed E-state index contributed by atoms with van der Waals surface area (Å²) in [4.78, 5) is 24.1. The number of hydrogen-bond donors (Lipinski definition) is 2. The van der Waals surface area contributed by atoms with Crippen LogP contribution in [0.1, 0.15) is 25.0 Å². The molecule has 9 heteroatoms. The van der Waals surface area contributed by atoms with Gasteiger partial charge in [-0.25, -0.2) is 12.8 Å². The molecular formula is C24H26FN3O4S. The molecule has 7 nitrogen and oxygen atoms in total. The van der Waals surface area contributed by atoms with Crippen LogP contribution in [0.2, 0.25) is 0 Å². The number of halogens is 1. The molecule has 0 bridgehead atoms. The highest BCUT2D eigenvalue weighted by Gasteiger charge is 2.29. The van der Waals surface area contributed by atoms with Gasteiger partial charge in [-0.1, -0.05) is 56.3 Å². The molecule has 2 aromatic carbocycles. The number of rotatable bonds is 9. The van der Waals surface area contributed by atoms with Crippen LogP contribution < -0.4 is 15.6 Å². The van der Waals surface area contributed by atoms with Gasteiger partial charge in [0.15, 0.2) is 0 Å². The number of sulfonamides is 1. The maximum Gasteiger partial charge on any atom is 0.250 e. The van der Waals surface area contributed by atoms with Crippen molar-refractivity contribution in [1.82, 2.24) is 14.6 Å². The molecule has 0 spiro atoms. The summed E-state index contributed by atoms with van der Waals surface area (Å²) in [6.45, 7) is 4.03. The van der Waals surface area contributed by atoms with Gasteiger partial charge in [-0.05, 0) is 35.2 Å². The van der Waals surface area contributed by atoms with Gasteiger partial charge in [0.2, 0.25) is 15.9 Å². The largest absolute Gasteiger partial charge is 0.351 e. The molecule has 0 saturated heterocycles. The summed E-state index contributed by atoms with van der Waals surface area (Å²) in [5, 5.41) is 2.73. The van der Waals surface area contributed by atoms with Crippen molar-refractivity contribution in [2.75, 3.05) is 0 Å². The van der Waals surface area contributed by atoms with Crippen molar-refractivity contribution in [3.8, 4) is 0 Å². The van der Waals surface area contributed by atoms with Crippen LogP contribution in [-0.4, -0.2) is 24.9 Å². The molecule has 0 radical (unpaired) electrons. The van der Waals surface area contributed by atoms with Crippen molar-refractivity contribution in [2.24, 2.45) is 5.92 Å². The molecule has 0 aliphatic rings. The normalized spacial score (nSPS) is 12.5. The maximum atomic E-state index is 14.0. The molecule has 33 heavy (non-hydrogen) atoms. The molecule has 0 fully saturated rings. The topological polar surface area (TPSA) is 97.3 Å². The maximum absolute atomic E-state index is 14.0. The van der Waals surface area contributed by atoms with E-state index >= 15 is 0 Å². The zero-order chi connectivity index (χ0) is 24.0. The molecule has 1 atom stereocenters. The number of carbonyl (C=O) groups excluding carboxylic acids is 1. The Balaban J connectivity index is 1.63. The van der Waals surface area contributed by atoms with E-state index in [2.05, 4.69) is 10.0 Å². The van der Waals surface area contributed by atoms with E-state index in [9.17, 15) is 22.4 Å². The van der Waals surface area contributed by atoms with Crippen LogP contribution in [0.15, 0.2) is 82.6 Å². The fraction of sp³-hybridized carbons (Fsp3) is 0.250. The molecule has 0 aliphatic carbocycles. The van der Waals surface area contributed by atoms with Crippen molar-refractivity contribution in [2.45, 2.75) is 37.9 Å². The van der Waals surface area contributed by atoms with Crippen molar-refractivity contribution in [3.05, 3.63) is 100 Å². The number of pyridine rings is 1. The molecule has 174 valence electrons. The van der Waals surface area contributed by atoms with Gasteiger partial charge in [0.05, 0.1) is 6.54 Å². The Morgan fingerprint density at radius 2 is 1.61 bits per heavy atom. The second-order valence-electron chi connectivity index (χ2n) is 7.97. The molecule has 1 heterocycles. The van der Waals surface area contributed by atoms with E-state index in [0.717, 1.165) is 23.3 Å². The van der Waals surface area contributed by atoms with Gasteiger partial charge in [0.1, 0.15) is 16.8 Å². The zero-order valence-corrected chi connectivity index (χ0v) is 19.2. The molecule has 1 aromatic heterocycles. The highest BCUT2D eigenvalue weighted by molar-refractivity contribution is 7.89. The lowest BCUT2D eigenvalue weighted by Crippen LogP contribution is -2.49. The zero-order valence-electron chi connectivity index (χ0n) is 18.4. The highest BCUT2D eigenvalue weighted by atomic mass is 32.2. The minimum absolute atomic E-state index is 0.0913. The smallest absolute Gasteiger partial charge is 0.250 e. The number of amides is 1. The first-order valence-electron chi connectivity index (χ1n) is 10.5. The Bertz CT molecular complexity index is 1270. The van der Waals surface area contributed by atoms with Crippen molar-refractivity contribution >= 4 is 15.9 Å². The standard InChI is InChI=1S/C24H26FN3O4S/c1-17(2)23(27-33(31,32)21-8-4-3-7-20(21)25)24(30)26-15-18-10-12-19(13-11-18)16-28-14-6-5-9-22(28)29/h3-14,17,23,27H,15-16H2,1-2H3,(H,26,30)/t23-/m0/s1. The van der Waals surface area contributed by atoms with Crippen LogP contribution in [0.5, 0.6) is 0 Å². The Labute approximate surface area is 192 Å². The molecule has 3 rings (SSSR count). The van der Waals surface area contributed by atoms with E-state index in [1.165, 1.54) is 18.2 Å². The van der Waals surface area contributed by atoms with Gasteiger partial charge in [0.25, 0.3) is 5.56 Å². The second-order valence-corrected chi connectivity index (χ2v) is 9.66. The number of carbonyl (C=O) groups is 1. The van der Waals surface area contributed by atoms with Crippen LogP contribution in [0.4, 0.5) is 4.39 Å². The average Bonchev–Trinajstić information content (AvgIpc) is 2.78. The quantitative estimate of drug-likeness (QED) is 0.501. The van der Waals surface area contributed by atoms with Gasteiger partial charge >= 0.3 is 0 Å². The van der Waals surface area contributed by atoms with Gasteiger partial charge in [0, 0.05) is 18.8 Å². The summed E-state index contributed by atoms with van der Waals surface area (Å²) >= 11 is 0. The van der Waals surface area contributed by atoms with Gasteiger partial charge in [-0.15, -0.1) is 0 Å². The van der Waals surface area contributed by atoms with Crippen LogP contribution in [-0.2, 0) is 27.9 Å². The van der Waals surface area contributed by atoms with E-state index in [-0.39, 0.29) is 18.0 Å². The summed E-state index contributed by atoms with van der Waals surface area (Å²) in [5.74, 6) is -1.76. The third kappa shape index (κ3) is 6.36. The van der Waals surface area contributed by atoms with Crippen LogP contribution in [0, 0.1) is 11.7 Å². The van der Waals surface area contributed by atoms with Gasteiger partial charge in [-0.2, -0.15) is 4.72 Å². The predicted molar refractivity (Wildman–Crippen MR) is 123 cm³/mol. The van der Waals surface area contributed by atoms with Crippen molar-refractivity contribution in [3.63, 3.8) is 0 Å². The predicted octanol–water partition coefficient (Wildman–Crippen LogP) is 2.66. The minimum atomic E-state index is -4.22. The first-order chi connectivity index (χ1) is 15.7. The van der Waals surface area contributed by atoms with E-state index in [0.29, 0.717) is 6.54 Å². The summed E-state index contributed by atoms with van der Waals surface area (Å²) in [5.41, 5.74) is 1.65. The second kappa shape index (κ2) is 10.5. The van der Waals surface area contributed by atoms with E-state index in [1.54, 1.807) is 36.7 Å². The molecule has 0 saturated carbocycles. The Morgan fingerprint density at radius 3 is 2.24 bits per heavy atom. The van der Waals surface area contributed by atoms with Crippen molar-refractivity contribution in [1.29, 1.82) is 0 Å². The van der Waals surface area contributed by atoms with Crippen LogP contribution >= 0.6 is 0 Å². The third-order valence-corrected chi connectivity index (χ3v) is 6.57. The molecular weight excluding hydrogens is 445 g/mol. The Kier molecular flexibility index (Phi) is 7.78. The molecule has 1 amide bonds. The van der Waals surface area contributed by atoms with Crippen LogP contribution in [0.25, 0.3) is 0 Å². The lowest BCUT2D eigenvalue weighted by molar-refractivity contribution is -0.123. The highest BCUT2D eigenvalue weighted by Crippen LogP contribution is 2.16. The molecule has 0 aliphatic heterocycles. The lowest BCUT2D eigenvalue weighted by atomic mass is 10.0.